The normalized spacial score (nSPS) is 27.0. The molecule has 150 valence electrons. The van der Waals surface area contributed by atoms with Gasteiger partial charge in [0.1, 0.15) is 6.29 Å². The molecule has 26 heavy (non-hydrogen) atoms. The summed E-state index contributed by atoms with van der Waals surface area (Å²) in [6, 6.07) is 0. The van der Waals surface area contributed by atoms with Crippen molar-refractivity contribution in [1.82, 2.24) is 0 Å². The molecule has 5 atom stereocenters. The van der Waals surface area contributed by atoms with E-state index >= 15 is 0 Å². The van der Waals surface area contributed by atoms with Crippen LogP contribution in [0.25, 0.3) is 0 Å². The van der Waals surface area contributed by atoms with E-state index in [1.807, 2.05) is 12.2 Å². The SMILES string of the molecule is CCCCCC(O)CS[C@H]1C(O)CC(C=O)[C@@H]1CC=CCCCC(=O)O. The van der Waals surface area contributed by atoms with Gasteiger partial charge in [-0.15, -0.1) is 0 Å². The van der Waals surface area contributed by atoms with Crippen LogP contribution in [0.2, 0.25) is 0 Å². The molecule has 0 bridgehead atoms. The lowest BCUT2D eigenvalue weighted by molar-refractivity contribution is -0.137. The zero-order chi connectivity index (χ0) is 19.4. The number of carboxylic acids is 1. The van der Waals surface area contributed by atoms with Gasteiger partial charge in [0.2, 0.25) is 0 Å². The zero-order valence-corrected chi connectivity index (χ0v) is 16.6. The van der Waals surface area contributed by atoms with Gasteiger partial charge in [0, 0.05) is 23.3 Å². The Morgan fingerprint density at radius 2 is 2.04 bits per heavy atom. The predicted molar refractivity (Wildman–Crippen MR) is 105 cm³/mol. The summed E-state index contributed by atoms with van der Waals surface area (Å²) in [6.07, 6.45) is 10.8. The molecule has 0 aromatic carbocycles. The lowest BCUT2D eigenvalue weighted by atomic mass is 9.93. The maximum atomic E-state index is 11.4. The Kier molecular flexibility index (Phi) is 11.9. The van der Waals surface area contributed by atoms with Crippen molar-refractivity contribution in [3.8, 4) is 0 Å². The second kappa shape index (κ2) is 13.3. The second-order valence-electron chi connectivity index (χ2n) is 7.21. The summed E-state index contributed by atoms with van der Waals surface area (Å²) in [7, 11) is 0. The van der Waals surface area contributed by atoms with E-state index in [-0.39, 0.29) is 29.6 Å². The van der Waals surface area contributed by atoms with Crippen molar-refractivity contribution >= 4 is 24.0 Å². The molecule has 3 unspecified atom stereocenters. The van der Waals surface area contributed by atoms with Gasteiger partial charge in [0.05, 0.1) is 12.2 Å². The molecule has 0 aromatic rings. The highest BCUT2D eigenvalue weighted by atomic mass is 32.2. The number of carboxylic acid groups (broad SMARTS) is 1. The van der Waals surface area contributed by atoms with Crippen LogP contribution in [0.15, 0.2) is 12.2 Å². The Morgan fingerprint density at radius 1 is 1.27 bits per heavy atom. The van der Waals surface area contributed by atoms with E-state index in [1.165, 1.54) is 0 Å². The van der Waals surface area contributed by atoms with E-state index in [4.69, 9.17) is 5.11 Å². The van der Waals surface area contributed by atoms with Gasteiger partial charge in [0.25, 0.3) is 0 Å². The van der Waals surface area contributed by atoms with Gasteiger partial charge in [-0.05, 0) is 38.0 Å². The highest BCUT2D eigenvalue weighted by Gasteiger charge is 2.42. The summed E-state index contributed by atoms with van der Waals surface area (Å²) in [6.45, 7) is 2.13. The number of aliphatic hydroxyl groups is 2. The Bertz CT molecular complexity index is 440. The standard InChI is InChI=1S/C20H34O5S/c1-2-3-6-9-16(22)14-26-20-17(15(13-21)12-18(20)23)10-7-4-5-8-11-19(24)25/h4,7,13,15-18,20,22-23H,2-3,5-6,8-12,14H2,1H3,(H,24,25)/t15?,16?,17-,18?,20+/m0/s1. The van der Waals surface area contributed by atoms with Crippen LogP contribution in [0, 0.1) is 11.8 Å². The van der Waals surface area contributed by atoms with Crippen molar-refractivity contribution in [2.24, 2.45) is 11.8 Å². The first-order valence-electron chi connectivity index (χ1n) is 9.79. The molecule has 0 saturated heterocycles. The fraction of sp³-hybridized carbons (Fsp3) is 0.800. The molecule has 1 aliphatic rings. The zero-order valence-electron chi connectivity index (χ0n) is 15.8. The quantitative estimate of drug-likeness (QED) is 0.240. The molecule has 1 rings (SSSR count). The first-order chi connectivity index (χ1) is 12.5. The first kappa shape index (κ1) is 23.2. The summed E-state index contributed by atoms with van der Waals surface area (Å²) in [5.41, 5.74) is 0. The number of hydrogen-bond donors (Lipinski definition) is 3. The number of unbranched alkanes of at least 4 members (excludes halogenated alkanes) is 3. The number of allylic oxidation sites excluding steroid dienone is 2. The molecule has 5 nitrogen and oxygen atoms in total. The second-order valence-corrected chi connectivity index (χ2v) is 8.42. The molecule has 0 radical (unpaired) electrons. The highest BCUT2D eigenvalue weighted by molar-refractivity contribution is 8.00. The Morgan fingerprint density at radius 3 is 2.69 bits per heavy atom. The molecule has 3 N–H and O–H groups in total. The maximum absolute atomic E-state index is 11.4. The third-order valence-electron chi connectivity index (χ3n) is 5.00. The highest BCUT2D eigenvalue weighted by Crippen LogP contribution is 2.41. The van der Waals surface area contributed by atoms with Gasteiger partial charge >= 0.3 is 5.97 Å². The molecule has 1 aliphatic carbocycles. The third kappa shape index (κ3) is 8.69. The van der Waals surface area contributed by atoms with Crippen molar-refractivity contribution in [2.45, 2.75) is 82.2 Å². The Balaban J connectivity index is 2.46. The topological polar surface area (TPSA) is 94.8 Å². The fourth-order valence-corrected chi connectivity index (χ4v) is 5.00. The van der Waals surface area contributed by atoms with Crippen LogP contribution in [0.4, 0.5) is 0 Å². The van der Waals surface area contributed by atoms with Gasteiger partial charge in [0.15, 0.2) is 0 Å². The van der Waals surface area contributed by atoms with Crippen LogP contribution in [0.5, 0.6) is 0 Å². The average Bonchev–Trinajstić information content (AvgIpc) is 2.91. The summed E-state index contributed by atoms with van der Waals surface area (Å²) >= 11 is 1.59. The van der Waals surface area contributed by atoms with E-state index in [9.17, 15) is 19.8 Å². The molecule has 0 heterocycles. The summed E-state index contributed by atoms with van der Waals surface area (Å²) in [4.78, 5) is 21.9. The van der Waals surface area contributed by atoms with Crippen molar-refractivity contribution < 1.29 is 24.9 Å². The van der Waals surface area contributed by atoms with Crippen LogP contribution in [0.1, 0.15) is 64.7 Å². The maximum Gasteiger partial charge on any atom is 0.303 e. The van der Waals surface area contributed by atoms with E-state index in [0.717, 1.165) is 32.0 Å². The third-order valence-corrected chi connectivity index (χ3v) is 6.62. The van der Waals surface area contributed by atoms with Gasteiger partial charge in [-0.3, -0.25) is 4.79 Å². The lowest BCUT2D eigenvalue weighted by Crippen LogP contribution is -2.26. The molecular formula is C20H34O5S. The summed E-state index contributed by atoms with van der Waals surface area (Å²) in [5, 5.41) is 29.1. The molecule has 0 aromatic heterocycles. The number of aliphatic hydroxyl groups excluding tert-OH is 2. The van der Waals surface area contributed by atoms with Crippen molar-refractivity contribution in [2.75, 3.05) is 5.75 Å². The summed E-state index contributed by atoms with van der Waals surface area (Å²) in [5.74, 6) is -0.266. The van der Waals surface area contributed by atoms with Crippen molar-refractivity contribution in [3.05, 3.63) is 12.2 Å². The van der Waals surface area contributed by atoms with Crippen molar-refractivity contribution in [1.29, 1.82) is 0 Å². The minimum Gasteiger partial charge on any atom is -0.481 e. The number of rotatable bonds is 14. The van der Waals surface area contributed by atoms with Gasteiger partial charge in [-0.1, -0.05) is 38.3 Å². The monoisotopic (exact) mass is 386 g/mol. The van der Waals surface area contributed by atoms with Gasteiger partial charge in [-0.25, -0.2) is 0 Å². The number of carbonyl (C=O) groups excluding carboxylic acids is 1. The van der Waals surface area contributed by atoms with E-state index in [2.05, 4.69) is 6.92 Å². The van der Waals surface area contributed by atoms with Crippen LogP contribution < -0.4 is 0 Å². The molecule has 0 spiro atoms. The minimum absolute atomic E-state index is 0.0327. The molecule has 6 heteroatoms. The summed E-state index contributed by atoms with van der Waals surface area (Å²) < 4.78 is 0. The number of aliphatic carboxylic acids is 1. The number of aldehydes is 1. The van der Waals surface area contributed by atoms with Crippen LogP contribution in [-0.2, 0) is 9.59 Å². The fourth-order valence-electron chi connectivity index (χ4n) is 3.49. The number of carbonyl (C=O) groups is 2. The van der Waals surface area contributed by atoms with E-state index < -0.39 is 12.1 Å². The smallest absolute Gasteiger partial charge is 0.303 e. The Hall–Kier alpha value is -0.850. The largest absolute Gasteiger partial charge is 0.481 e. The number of thioether (sulfide) groups is 1. The lowest BCUT2D eigenvalue weighted by Gasteiger charge is -2.23. The minimum atomic E-state index is -0.785. The first-order valence-corrected chi connectivity index (χ1v) is 10.8. The Labute approximate surface area is 161 Å². The van der Waals surface area contributed by atoms with E-state index in [0.29, 0.717) is 31.4 Å². The van der Waals surface area contributed by atoms with Crippen LogP contribution in [0.3, 0.4) is 0 Å². The molecule has 0 aliphatic heterocycles. The molecule has 0 amide bonds. The molecule has 1 fully saturated rings. The van der Waals surface area contributed by atoms with E-state index in [1.54, 1.807) is 11.8 Å². The average molecular weight is 387 g/mol. The molecule has 1 saturated carbocycles. The van der Waals surface area contributed by atoms with Gasteiger partial charge in [-0.2, -0.15) is 11.8 Å². The van der Waals surface area contributed by atoms with Gasteiger partial charge < -0.3 is 20.1 Å². The predicted octanol–water partition coefficient (Wildman–Crippen LogP) is 3.43. The van der Waals surface area contributed by atoms with Crippen LogP contribution >= 0.6 is 11.8 Å². The number of hydrogen-bond acceptors (Lipinski definition) is 5. The van der Waals surface area contributed by atoms with Crippen LogP contribution in [-0.4, -0.2) is 50.8 Å². The van der Waals surface area contributed by atoms with Crippen molar-refractivity contribution in [3.63, 3.8) is 0 Å². The molecular weight excluding hydrogens is 352 g/mol.